The monoisotopic (exact) mass is 342 g/mol. The molecule has 0 atom stereocenters. The molecule has 126 valence electrons. The Morgan fingerprint density at radius 1 is 1.23 bits per heavy atom. The molecule has 7 nitrogen and oxygen atoms in total. The molecule has 2 aromatic carbocycles. The maximum absolute atomic E-state index is 12.2. The minimum Gasteiger partial charge on any atom is -0.323 e. The van der Waals surface area contributed by atoms with E-state index in [0.717, 1.165) is 16.6 Å². The zero-order valence-corrected chi connectivity index (χ0v) is 13.7. The number of H-pyrrole nitrogens is 1. The van der Waals surface area contributed by atoms with Gasteiger partial charge in [0.2, 0.25) is 11.9 Å². The van der Waals surface area contributed by atoms with Crippen LogP contribution >= 0.6 is 0 Å². The van der Waals surface area contributed by atoms with Crippen LogP contribution in [0.25, 0.3) is 17.0 Å². The second-order valence-corrected chi connectivity index (χ2v) is 5.79. The molecule has 7 heteroatoms. The van der Waals surface area contributed by atoms with E-state index in [2.05, 4.69) is 26.5 Å². The Morgan fingerprint density at radius 2 is 2.12 bits per heavy atom. The Balaban J connectivity index is 1.47. The SMILES string of the molecule is N#Cc1cccc(CC(=O)Nc2cnn(-c3nc4ccccc4[nH]3)c2)c1. The molecule has 0 saturated carbocycles. The lowest BCUT2D eigenvalue weighted by Crippen LogP contribution is -2.14. The molecular formula is C19H14N6O. The standard InChI is InChI=1S/C19H14N6O/c20-10-14-5-3-4-13(8-14)9-18(26)22-15-11-21-25(12-15)19-23-16-6-1-2-7-17(16)24-19/h1-8,11-12H,9H2,(H,22,26)(H,23,24). The smallest absolute Gasteiger partial charge is 0.229 e. The third-order valence-corrected chi connectivity index (χ3v) is 3.88. The second-order valence-electron chi connectivity index (χ2n) is 5.79. The number of para-hydroxylation sites is 2. The fourth-order valence-corrected chi connectivity index (χ4v) is 2.69. The zero-order chi connectivity index (χ0) is 17.9. The number of aromatic amines is 1. The third-order valence-electron chi connectivity index (χ3n) is 3.88. The molecule has 0 fully saturated rings. The van der Waals surface area contributed by atoms with Crippen LogP contribution in [0.3, 0.4) is 0 Å². The van der Waals surface area contributed by atoms with E-state index in [0.29, 0.717) is 17.2 Å². The quantitative estimate of drug-likeness (QED) is 0.595. The number of nitrogens with one attached hydrogen (secondary N) is 2. The number of nitriles is 1. The molecular weight excluding hydrogens is 328 g/mol. The van der Waals surface area contributed by atoms with Gasteiger partial charge in [-0.15, -0.1) is 0 Å². The first-order valence-corrected chi connectivity index (χ1v) is 8.00. The van der Waals surface area contributed by atoms with Crippen LogP contribution in [0.1, 0.15) is 11.1 Å². The zero-order valence-electron chi connectivity index (χ0n) is 13.7. The minimum absolute atomic E-state index is 0.177. The van der Waals surface area contributed by atoms with Gasteiger partial charge in [0.1, 0.15) is 0 Å². The largest absolute Gasteiger partial charge is 0.323 e. The average molecular weight is 342 g/mol. The Bertz CT molecular complexity index is 1100. The van der Waals surface area contributed by atoms with Gasteiger partial charge in [-0.1, -0.05) is 24.3 Å². The number of carbonyl (C=O) groups excluding carboxylic acids is 1. The summed E-state index contributed by atoms with van der Waals surface area (Å²) in [6.07, 6.45) is 3.45. The fourth-order valence-electron chi connectivity index (χ4n) is 2.69. The number of imidazole rings is 1. The number of aromatic nitrogens is 4. The number of nitrogens with zero attached hydrogens (tertiary/aromatic N) is 4. The van der Waals surface area contributed by atoms with Crippen LogP contribution in [-0.4, -0.2) is 25.7 Å². The first kappa shape index (κ1) is 15.6. The predicted molar refractivity (Wildman–Crippen MR) is 96.7 cm³/mol. The summed E-state index contributed by atoms with van der Waals surface area (Å²) in [7, 11) is 0. The number of hydrogen-bond acceptors (Lipinski definition) is 4. The van der Waals surface area contributed by atoms with Crippen molar-refractivity contribution in [2.24, 2.45) is 0 Å². The van der Waals surface area contributed by atoms with Crippen LogP contribution in [0.5, 0.6) is 0 Å². The van der Waals surface area contributed by atoms with Gasteiger partial charge in [-0.25, -0.2) is 9.67 Å². The van der Waals surface area contributed by atoms with Crippen LogP contribution in [0.2, 0.25) is 0 Å². The Labute approximate surface area is 148 Å². The molecule has 0 aliphatic carbocycles. The molecule has 26 heavy (non-hydrogen) atoms. The van der Waals surface area contributed by atoms with Crippen molar-refractivity contribution < 1.29 is 4.79 Å². The van der Waals surface area contributed by atoms with Crippen LogP contribution in [-0.2, 0) is 11.2 Å². The van der Waals surface area contributed by atoms with Gasteiger partial charge in [-0.3, -0.25) is 4.79 Å². The lowest BCUT2D eigenvalue weighted by molar-refractivity contribution is -0.115. The molecule has 2 heterocycles. The van der Waals surface area contributed by atoms with Gasteiger partial charge in [0.25, 0.3) is 0 Å². The number of carbonyl (C=O) groups is 1. The van der Waals surface area contributed by atoms with Gasteiger partial charge >= 0.3 is 0 Å². The molecule has 2 N–H and O–H groups in total. The Kier molecular flexibility index (Phi) is 3.92. The van der Waals surface area contributed by atoms with Crippen molar-refractivity contribution in [1.29, 1.82) is 5.26 Å². The maximum atomic E-state index is 12.2. The number of anilines is 1. The molecule has 0 spiro atoms. The van der Waals surface area contributed by atoms with Gasteiger partial charge < -0.3 is 10.3 Å². The van der Waals surface area contributed by atoms with Crippen molar-refractivity contribution in [3.05, 3.63) is 72.1 Å². The van der Waals surface area contributed by atoms with E-state index in [1.54, 1.807) is 35.3 Å². The molecule has 0 saturated heterocycles. The molecule has 0 aliphatic rings. The number of benzene rings is 2. The van der Waals surface area contributed by atoms with Crippen molar-refractivity contribution in [3.63, 3.8) is 0 Å². The van der Waals surface area contributed by atoms with Gasteiger partial charge in [0.15, 0.2) is 0 Å². The number of hydrogen-bond donors (Lipinski definition) is 2. The molecule has 0 radical (unpaired) electrons. The highest BCUT2D eigenvalue weighted by Crippen LogP contribution is 2.15. The van der Waals surface area contributed by atoms with E-state index in [9.17, 15) is 4.79 Å². The summed E-state index contributed by atoms with van der Waals surface area (Å²) in [5.41, 5.74) is 3.66. The summed E-state index contributed by atoms with van der Waals surface area (Å²) in [5.74, 6) is 0.401. The number of rotatable bonds is 4. The molecule has 2 aromatic heterocycles. The third kappa shape index (κ3) is 3.16. The Hall–Kier alpha value is -3.92. The Morgan fingerprint density at radius 3 is 2.96 bits per heavy atom. The second kappa shape index (κ2) is 6.53. The topological polar surface area (TPSA) is 99.4 Å². The number of amides is 1. The fraction of sp³-hybridized carbons (Fsp3) is 0.0526. The van der Waals surface area contributed by atoms with Crippen molar-refractivity contribution in [1.82, 2.24) is 19.7 Å². The average Bonchev–Trinajstić information content (AvgIpc) is 3.28. The summed E-state index contributed by atoms with van der Waals surface area (Å²) in [4.78, 5) is 19.9. The lowest BCUT2D eigenvalue weighted by Gasteiger charge is -2.03. The summed E-state index contributed by atoms with van der Waals surface area (Å²) < 4.78 is 1.58. The molecule has 1 amide bonds. The van der Waals surface area contributed by atoms with Gasteiger partial charge in [0.05, 0.1) is 47.2 Å². The highest BCUT2D eigenvalue weighted by molar-refractivity contribution is 5.92. The molecule has 0 bridgehead atoms. The summed E-state index contributed by atoms with van der Waals surface area (Å²) in [6, 6.07) is 16.8. The van der Waals surface area contributed by atoms with Crippen molar-refractivity contribution >= 4 is 22.6 Å². The maximum Gasteiger partial charge on any atom is 0.229 e. The van der Waals surface area contributed by atoms with Crippen molar-refractivity contribution in [3.8, 4) is 12.0 Å². The van der Waals surface area contributed by atoms with E-state index in [1.807, 2.05) is 30.3 Å². The predicted octanol–water partition coefficient (Wildman–Crippen LogP) is 2.80. The number of fused-ring (bicyclic) bond motifs is 1. The highest BCUT2D eigenvalue weighted by atomic mass is 16.1. The highest BCUT2D eigenvalue weighted by Gasteiger charge is 2.09. The van der Waals surface area contributed by atoms with E-state index in [-0.39, 0.29) is 12.3 Å². The van der Waals surface area contributed by atoms with Crippen LogP contribution in [0.15, 0.2) is 60.9 Å². The molecule has 4 rings (SSSR count). The summed E-state index contributed by atoms with van der Waals surface area (Å²) >= 11 is 0. The molecule has 0 unspecified atom stereocenters. The minimum atomic E-state index is -0.177. The van der Waals surface area contributed by atoms with Crippen LogP contribution < -0.4 is 5.32 Å². The normalized spacial score (nSPS) is 10.6. The summed E-state index contributed by atoms with van der Waals surface area (Å²) in [6.45, 7) is 0. The van der Waals surface area contributed by atoms with E-state index in [4.69, 9.17) is 5.26 Å². The molecule has 4 aromatic rings. The van der Waals surface area contributed by atoms with Crippen molar-refractivity contribution in [2.75, 3.05) is 5.32 Å². The summed E-state index contributed by atoms with van der Waals surface area (Å²) in [5, 5.41) is 16.0. The molecule has 0 aliphatic heterocycles. The van der Waals surface area contributed by atoms with E-state index < -0.39 is 0 Å². The first-order chi connectivity index (χ1) is 12.7. The first-order valence-electron chi connectivity index (χ1n) is 8.00. The van der Waals surface area contributed by atoms with Gasteiger partial charge in [-0.2, -0.15) is 10.4 Å². The van der Waals surface area contributed by atoms with Crippen LogP contribution in [0, 0.1) is 11.3 Å². The van der Waals surface area contributed by atoms with Gasteiger partial charge in [0, 0.05) is 0 Å². The van der Waals surface area contributed by atoms with E-state index in [1.165, 1.54) is 0 Å². The lowest BCUT2D eigenvalue weighted by atomic mass is 10.1. The van der Waals surface area contributed by atoms with Crippen LogP contribution in [0.4, 0.5) is 5.69 Å². The van der Waals surface area contributed by atoms with E-state index >= 15 is 0 Å². The van der Waals surface area contributed by atoms with Crippen molar-refractivity contribution in [2.45, 2.75) is 6.42 Å². The van der Waals surface area contributed by atoms with Gasteiger partial charge in [-0.05, 0) is 29.8 Å².